The van der Waals surface area contributed by atoms with Gasteiger partial charge in [0.25, 0.3) is 0 Å². The number of hydrogen-bond acceptors (Lipinski definition) is 4. The van der Waals surface area contributed by atoms with Crippen LogP contribution < -0.4 is 10.6 Å². The first-order chi connectivity index (χ1) is 9.69. The van der Waals surface area contributed by atoms with E-state index < -0.39 is 0 Å². The van der Waals surface area contributed by atoms with Gasteiger partial charge in [-0.1, -0.05) is 22.9 Å². The van der Waals surface area contributed by atoms with Crippen molar-refractivity contribution in [1.82, 2.24) is 15.6 Å². The van der Waals surface area contributed by atoms with Gasteiger partial charge in [-0.3, -0.25) is 4.79 Å². The predicted molar refractivity (Wildman–Crippen MR) is 87.2 cm³/mol. The lowest BCUT2D eigenvalue weighted by Crippen LogP contribution is -2.31. The standard InChI is InChI=1S/C14H18BrN3OS/c1-2-16-7-8-17-13(19)5-6-14-18-11-9-10(15)3-4-12(11)20-14/h3-4,9,16H,2,5-8H2,1H3,(H,17,19). The van der Waals surface area contributed by atoms with Crippen molar-refractivity contribution in [2.75, 3.05) is 19.6 Å². The first kappa shape index (κ1) is 15.4. The molecule has 0 aliphatic rings. The highest BCUT2D eigenvalue weighted by atomic mass is 79.9. The molecule has 0 spiro atoms. The Balaban J connectivity index is 1.81. The minimum Gasteiger partial charge on any atom is -0.355 e. The van der Waals surface area contributed by atoms with E-state index in [0.717, 1.165) is 32.8 Å². The molecule has 0 saturated heterocycles. The number of thiazole rings is 1. The Labute approximate surface area is 131 Å². The molecule has 4 nitrogen and oxygen atoms in total. The molecule has 0 fully saturated rings. The Kier molecular flexibility index (Phi) is 5.94. The number of carbonyl (C=O) groups excluding carboxylic acids is 1. The third-order valence-electron chi connectivity index (χ3n) is 2.83. The van der Waals surface area contributed by atoms with E-state index in [1.54, 1.807) is 11.3 Å². The van der Waals surface area contributed by atoms with Crippen molar-refractivity contribution >= 4 is 43.4 Å². The molecule has 2 rings (SSSR count). The SMILES string of the molecule is CCNCCNC(=O)CCc1nc2cc(Br)ccc2s1. The van der Waals surface area contributed by atoms with Crippen LogP contribution in [-0.4, -0.2) is 30.5 Å². The molecule has 2 aromatic rings. The maximum atomic E-state index is 11.7. The fraction of sp³-hybridized carbons (Fsp3) is 0.429. The molecule has 1 aromatic heterocycles. The van der Waals surface area contributed by atoms with Crippen molar-refractivity contribution in [2.24, 2.45) is 0 Å². The highest BCUT2D eigenvalue weighted by Crippen LogP contribution is 2.25. The molecule has 0 unspecified atom stereocenters. The minimum atomic E-state index is 0.0864. The summed E-state index contributed by atoms with van der Waals surface area (Å²) in [5.41, 5.74) is 0.993. The number of amides is 1. The van der Waals surface area contributed by atoms with Gasteiger partial charge in [-0.15, -0.1) is 11.3 Å². The predicted octanol–water partition coefficient (Wildman–Crippen LogP) is 2.72. The Hall–Kier alpha value is -0.980. The van der Waals surface area contributed by atoms with Crippen LogP contribution in [0.25, 0.3) is 10.2 Å². The zero-order valence-electron chi connectivity index (χ0n) is 11.4. The molecule has 2 N–H and O–H groups in total. The molecular formula is C14H18BrN3OS. The maximum Gasteiger partial charge on any atom is 0.220 e. The van der Waals surface area contributed by atoms with Gasteiger partial charge in [0.05, 0.1) is 15.2 Å². The van der Waals surface area contributed by atoms with E-state index >= 15 is 0 Å². The van der Waals surface area contributed by atoms with Gasteiger partial charge >= 0.3 is 0 Å². The number of aryl methyl sites for hydroxylation is 1. The van der Waals surface area contributed by atoms with Gasteiger partial charge in [0.1, 0.15) is 0 Å². The van der Waals surface area contributed by atoms with Gasteiger partial charge in [0.2, 0.25) is 5.91 Å². The van der Waals surface area contributed by atoms with Crippen molar-refractivity contribution in [1.29, 1.82) is 0 Å². The normalized spacial score (nSPS) is 10.9. The highest BCUT2D eigenvalue weighted by Gasteiger charge is 2.07. The van der Waals surface area contributed by atoms with Gasteiger partial charge in [0, 0.05) is 30.4 Å². The topological polar surface area (TPSA) is 54.0 Å². The molecule has 1 amide bonds. The Morgan fingerprint density at radius 1 is 1.40 bits per heavy atom. The van der Waals surface area contributed by atoms with E-state index in [-0.39, 0.29) is 5.91 Å². The number of fused-ring (bicyclic) bond motifs is 1. The first-order valence-electron chi connectivity index (χ1n) is 6.71. The third-order valence-corrected chi connectivity index (χ3v) is 4.42. The van der Waals surface area contributed by atoms with Crippen molar-refractivity contribution in [3.05, 3.63) is 27.7 Å². The minimum absolute atomic E-state index is 0.0864. The quantitative estimate of drug-likeness (QED) is 0.750. The summed E-state index contributed by atoms with van der Waals surface area (Å²) in [7, 11) is 0. The lowest BCUT2D eigenvalue weighted by Gasteiger charge is -2.04. The summed E-state index contributed by atoms with van der Waals surface area (Å²) >= 11 is 5.10. The molecule has 0 radical (unpaired) electrons. The Morgan fingerprint density at radius 2 is 2.25 bits per heavy atom. The maximum absolute atomic E-state index is 11.7. The third kappa shape index (κ3) is 4.54. The zero-order valence-corrected chi connectivity index (χ0v) is 13.8. The number of carbonyl (C=O) groups is 1. The van der Waals surface area contributed by atoms with Crippen LogP contribution in [0.3, 0.4) is 0 Å². The van der Waals surface area contributed by atoms with Crippen molar-refractivity contribution in [3.63, 3.8) is 0 Å². The largest absolute Gasteiger partial charge is 0.355 e. The number of likely N-dealkylation sites (N-methyl/N-ethyl adjacent to an activating group) is 1. The van der Waals surface area contributed by atoms with Gasteiger partial charge < -0.3 is 10.6 Å². The summed E-state index contributed by atoms with van der Waals surface area (Å²) in [6.45, 7) is 4.47. The molecule has 0 saturated carbocycles. The molecule has 1 aromatic carbocycles. The second-order valence-electron chi connectivity index (χ2n) is 4.42. The van der Waals surface area contributed by atoms with Crippen molar-refractivity contribution in [2.45, 2.75) is 19.8 Å². The van der Waals surface area contributed by atoms with Crippen LogP contribution in [0.1, 0.15) is 18.4 Å². The van der Waals surface area contributed by atoms with Crippen LogP contribution in [0.5, 0.6) is 0 Å². The Morgan fingerprint density at radius 3 is 3.05 bits per heavy atom. The molecule has 0 bridgehead atoms. The number of hydrogen-bond donors (Lipinski definition) is 2. The molecule has 0 aliphatic carbocycles. The summed E-state index contributed by atoms with van der Waals surface area (Å²) in [5, 5.41) is 7.08. The van der Waals surface area contributed by atoms with Crippen molar-refractivity contribution < 1.29 is 4.79 Å². The number of nitrogens with one attached hydrogen (secondary N) is 2. The van der Waals surface area contributed by atoms with E-state index in [1.165, 1.54) is 0 Å². The van der Waals surface area contributed by atoms with Crippen molar-refractivity contribution in [3.8, 4) is 0 Å². The number of aromatic nitrogens is 1. The summed E-state index contributed by atoms with van der Waals surface area (Å²) in [6.07, 6.45) is 1.19. The van der Waals surface area contributed by atoms with Crippen LogP contribution >= 0.6 is 27.3 Å². The second-order valence-corrected chi connectivity index (χ2v) is 6.45. The van der Waals surface area contributed by atoms with E-state index in [1.807, 2.05) is 19.1 Å². The second kappa shape index (κ2) is 7.71. The van der Waals surface area contributed by atoms with Crippen LogP contribution in [0, 0.1) is 0 Å². The van der Waals surface area contributed by atoms with E-state index in [9.17, 15) is 4.79 Å². The Bertz CT molecular complexity index is 585. The van der Waals surface area contributed by atoms with Crippen LogP contribution in [-0.2, 0) is 11.2 Å². The zero-order chi connectivity index (χ0) is 14.4. The summed E-state index contributed by atoms with van der Waals surface area (Å²) in [6, 6.07) is 6.07. The average molecular weight is 356 g/mol. The van der Waals surface area contributed by atoms with E-state index in [4.69, 9.17) is 0 Å². The number of rotatable bonds is 7. The van der Waals surface area contributed by atoms with Gasteiger partial charge in [-0.25, -0.2) is 4.98 Å². The van der Waals surface area contributed by atoms with Gasteiger partial charge in [-0.05, 0) is 24.7 Å². The molecule has 6 heteroatoms. The molecule has 0 atom stereocenters. The molecule has 108 valence electrons. The number of nitrogens with zero attached hydrogens (tertiary/aromatic N) is 1. The van der Waals surface area contributed by atoms with E-state index in [2.05, 4.69) is 37.6 Å². The average Bonchev–Trinajstić information content (AvgIpc) is 2.83. The number of halogens is 1. The molecule has 1 heterocycles. The summed E-state index contributed by atoms with van der Waals surface area (Å²) in [4.78, 5) is 16.2. The van der Waals surface area contributed by atoms with Crippen LogP contribution in [0.4, 0.5) is 0 Å². The van der Waals surface area contributed by atoms with E-state index in [0.29, 0.717) is 19.4 Å². The lowest BCUT2D eigenvalue weighted by molar-refractivity contribution is -0.121. The summed E-state index contributed by atoms with van der Waals surface area (Å²) < 4.78 is 2.19. The van der Waals surface area contributed by atoms with Gasteiger partial charge in [0.15, 0.2) is 0 Å². The lowest BCUT2D eigenvalue weighted by atomic mass is 10.3. The monoisotopic (exact) mass is 355 g/mol. The highest BCUT2D eigenvalue weighted by molar-refractivity contribution is 9.10. The first-order valence-corrected chi connectivity index (χ1v) is 8.32. The van der Waals surface area contributed by atoms with Gasteiger partial charge in [-0.2, -0.15) is 0 Å². The van der Waals surface area contributed by atoms with Crippen LogP contribution in [0.15, 0.2) is 22.7 Å². The molecular weight excluding hydrogens is 338 g/mol. The smallest absolute Gasteiger partial charge is 0.220 e. The molecule has 0 aliphatic heterocycles. The van der Waals surface area contributed by atoms with Crippen LogP contribution in [0.2, 0.25) is 0 Å². The number of benzene rings is 1. The summed E-state index contributed by atoms with van der Waals surface area (Å²) in [5.74, 6) is 0.0864. The fourth-order valence-corrected chi connectivity index (χ4v) is 3.13. The fourth-order valence-electron chi connectivity index (χ4n) is 1.83. The molecule has 20 heavy (non-hydrogen) atoms.